The molecule has 2 heterocycles. The Morgan fingerprint density at radius 1 is 1.59 bits per heavy atom. The van der Waals surface area contributed by atoms with E-state index in [1.165, 1.54) is 16.4 Å². The average Bonchev–Trinajstić information content (AvgIpc) is 2.33. The SMILES string of the molecule is Cn1[nH]c(=O)c(=O)nc1SCC1CNCCO1. The van der Waals surface area contributed by atoms with Gasteiger partial charge in [0.05, 0.1) is 12.7 Å². The largest absolute Gasteiger partial charge is 0.375 e. The van der Waals surface area contributed by atoms with Crippen molar-refractivity contribution in [2.45, 2.75) is 11.3 Å². The van der Waals surface area contributed by atoms with E-state index in [9.17, 15) is 9.59 Å². The Hall–Kier alpha value is -1.12. The summed E-state index contributed by atoms with van der Waals surface area (Å²) in [6.07, 6.45) is 0.109. The van der Waals surface area contributed by atoms with Crippen molar-refractivity contribution in [2.75, 3.05) is 25.4 Å². The summed E-state index contributed by atoms with van der Waals surface area (Å²) in [6, 6.07) is 0. The Bertz CT molecular complexity index is 492. The number of thioether (sulfide) groups is 1. The van der Waals surface area contributed by atoms with Crippen molar-refractivity contribution in [3.63, 3.8) is 0 Å². The van der Waals surface area contributed by atoms with E-state index in [0.717, 1.165) is 13.1 Å². The summed E-state index contributed by atoms with van der Waals surface area (Å²) in [5.41, 5.74) is -1.46. The molecule has 0 bridgehead atoms. The van der Waals surface area contributed by atoms with Crippen LogP contribution in [0, 0.1) is 0 Å². The lowest BCUT2D eigenvalue weighted by molar-refractivity contribution is 0.0440. The second kappa shape index (κ2) is 5.48. The van der Waals surface area contributed by atoms with Gasteiger partial charge in [0.1, 0.15) is 0 Å². The van der Waals surface area contributed by atoms with Crippen LogP contribution in [0.15, 0.2) is 14.7 Å². The first-order valence-corrected chi connectivity index (χ1v) is 6.28. The molecule has 1 aliphatic heterocycles. The van der Waals surface area contributed by atoms with E-state index in [1.807, 2.05) is 0 Å². The van der Waals surface area contributed by atoms with Crippen LogP contribution in [-0.2, 0) is 11.8 Å². The molecule has 0 amide bonds. The van der Waals surface area contributed by atoms with Crippen molar-refractivity contribution in [2.24, 2.45) is 7.05 Å². The van der Waals surface area contributed by atoms with Gasteiger partial charge in [0, 0.05) is 25.9 Å². The summed E-state index contributed by atoms with van der Waals surface area (Å²) in [5, 5.41) is 6.11. The number of nitrogens with zero attached hydrogens (tertiary/aromatic N) is 2. The van der Waals surface area contributed by atoms with E-state index in [0.29, 0.717) is 17.5 Å². The van der Waals surface area contributed by atoms with Crippen molar-refractivity contribution in [3.05, 3.63) is 20.7 Å². The fourth-order valence-electron chi connectivity index (χ4n) is 1.48. The average molecular weight is 258 g/mol. The zero-order chi connectivity index (χ0) is 12.3. The molecule has 1 unspecified atom stereocenters. The Morgan fingerprint density at radius 3 is 3.12 bits per heavy atom. The van der Waals surface area contributed by atoms with Gasteiger partial charge in [-0.1, -0.05) is 11.8 Å². The molecule has 8 heteroatoms. The standard InChI is InChI=1S/C9H14N4O3S/c1-13-9(11-7(14)8(15)12-13)17-5-6-4-10-2-3-16-6/h6,10H,2-5H2,1H3,(H,12,15). The number of aromatic amines is 1. The zero-order valence-corrected chi connectivity index (χ0v) is 10.2. The van der Waals surface area contributed by atoms with Crippen molar-refractivity contribution >= 4 is 11.8 Å². The number of morpholine rings is 1. The molecule has 17 heavy (non-hydrogen) atoms. The van der Waals surface area contributed by atoms with Gasteiger partial charge in [-0.05, 0) is 0 Å². The molecule has 2 N–H and O–H groups in total. The minimum Gasteiger partial charge on any atom is -0.375 e. The van der Waals surface area contributed by atoms with Gasteiger partial charge in [-0.25, -0.2) is 0 Å². The summed E-state index contributed by atoms with van der Waals surface area (Å²) in [6.45, 7) is 2.37. The lowest BCUT2D eigenvalue weighted by Gasteiger charge is -2.23. The highest BCUT2D eigenvalue weighted by atomic mass is 32.2. The number of H-pyrrole nitrogens is 1. The fourth-order valence-corrected chi connectivity index (χ4v) is 2.42. The minimum absolute atomic E-state index is 0.109. The van der Waals surface area contributed by atoms with Crippen LogP contribution in [0.1, 0.15) is 0 Å². The predicted molar refractivity (Wildman–Crippen MR) is 63.4 cm³/mol. The molecule has 0 saturated carbocycles. The van der Waals surface area contributed by atoms with Gasteiger partial charge in [-0.15, -0.1) is 0 Å². The zero-order valence-electron chi connectivity index (χ0n) is 9.43. The van der Waals surface area contributed by atoms with Gasteiger partial charge in [-0.3, -0.25) is 19.4 Å². The summed E-state index contributed by atoms with van der Waals surface area (Å²) < 4.78 is 6.97. The molecule has 1 atom stereocenters. The number of aromatic nitrogens is 3. The van der Waals surface area contributed by atoms with Gasteiger partial charge in [0.2, 0.25) is 0 Å². The second-order valence-electron chi connectivity index (χ2n) is 3.71. The number of hydrogen-bond acceptors (Lipinski definition) is 6. The van der Waals surface area contributed by atoms with Gasteiger partial charge >= 0.3 is 11.1 Å². The van der Waals surface area contributed by atoms with Crippen molar-refractivity contribution < 1.29 is 4.74 Å². The van der Waals surface area contributed by atoms with E-state index in [4.69, 9.17) is 4.74 Å². The van der Waals surface area contributed by atoms with E-state index in [1.54, 1.807) is 7.05 Å². The molecule has 7 nitrogen and oxygen atoms in total. The van der Waals surface area contributed by atoms with E-state index < -0.39 is 11.1 Å². The molecule has 1 saturated heterocycles. The van der Waals surface area contributed by atoms with Gasteiger partial charge in [0.25, 0.3) is 0 Å². The highest BCUT2D eigenvalue weighted by molar-refractivity contribution is 7.99. The summed E-state index contributed by atoms with van der Waals surface area (Å²) in [4.78, 5) is 25.8. The molecular formula is C9H14N4O3S. The Morgan fingerprint density at radius 2 is 2.41 bits per heavy atom. The first-order chi connectivity index (χ1) is 8.16. The maximum absolute atomic E-state index is 11.1. The molecule has 0 aromatic carbocycles. The second-order valence-corrected chi connectivity index (χ2v) is 4.69. The quantitative estimate of drug-likeness (QED) is 0.509. The van der Waals surface area contributed by atoms with Crippen LogP contribution in [-0.4, -0.2) is 46.3 Å². The minimum atomic E-state index is -0.756. The lowest BCUT2D eigenvalue weighted by atomic mass is 10.3. The third-order valence-corrected chi connectivity index (χ3v) is 3.51. The molecule has 1 fully saturated rings. The van der Waals surface area contributed by atoms with E-state index in [2.05, 4.69) is 15.4 Å². The van der Waals surface area contributed by atoms with E-state index in [-0.39, 0.29) is 6.10 Å². The van der Waals surface area contributed by atoms with Crippen LogP contribution >= 0.6 is 11.8 Å². The maximum Gasteiger partial charge on any atom is 0.339 e. The number of aryl methyl sites for hydroxylation is 1. The van der Waals surface area contributed by atoms with Crippen LogP contribution in [0.5, 0.6) is 0 Å². The van der Waals surface area contributed by atoms with Crippen LogP contribution in [0.25, 0.3) is 0 Å². The van der Waals surface area contributed by atoms with Crippen LogP contribution in [0.4, 0.5) is 0 Å². The van der Waals surface area contributed by atoms with Crippen molar-refractivity contribution in [1.29, 1.82) is 0 Å². The monoisotopic (exact) mass is 258 g/mol. The smallest absolute Gasteiger partial charge is 0.339 e. The first kappa shape index (κ1) is 12.3. The molecule has 0 aliphatic carbocycles. The number of hydrogen-bond donors (Lipinski definition) is 2. The molecule has 0 radical (unpaired) electrons. The van der Waals surface area contributed by atoms with Crippen LogP contribution < -0.4 is 16.4 Å². The summed E-state index contributed by atoms with van der Waals surface area (Å²) >= 11 is 1.39. The van der Waals surface area contributed by atoms with Gasteiger partial charge in [0.15, 0.2) is 5.16 Å². The number of ether oxygens (including phenoxy) is 1. The molecule has 1 aromatic heterocycles. The van der Waals surface area contributed by atoms with Gasteiger partial charge in [-0.2, -0.15) is 4.98 Å². The maximum atomic E-state index is 11.1. The summed E-state index contributed by atoms with van der Waals surface area (Å²) in [5.74, 6) is 0.694. The van der Waals surface area contributed by atoms with E-state index >= 15 is 0 Å². The number of rotatable bonds is 3. The number of nitrogens with one attached hydrogen (secondary N) is 2. The molecule has 94 valence electrons. The molecule has 1 aromatic rings. The predicted octanol–water partition coefficient (Wildman–Crippen LogP) is -1.45. The Balaban J connectivity index is 2.01. The van der Waals surface area contributed by atoms with Crippen LogP contribution in [0.3, 0.4) is 0 Å². The Kier molecular flexibility index (Phi) is 3.97. The van der Waals surface area contributed by atoms with Crippen molar-refractivity contribution in [3.8, 4) is 0 Å². The molecule has 2 rings (SSSR count). The first-order valence-electron chi connectivity index (χ1n) is 5.29. The van der Waals surface area contributed by atoms with Crippen LogP contribution in [0.2, 0.25) is 0 Å². The third-order valence-electron chi connectivity index (χ3n) is 2.35. The topological polar surface area (TPSA) is 89.0 Å². The highest BCUT2D eigenvalue weighted by Gasteiger charge is 2.15. The fraction of sp³-hybridized carbons (Fsp3) is 0.667. The molecule has 0 spiro atoms. The summed E-state index contributed by atoms with van der Waals surface area (Å²) in [7, 11) is 1.65. The third kappa shape index (κ3) is 3.18. The molecular weight excluding hydrogens is 244 g/mol. The highest BCUT2D eigenvalue weighted by Crippen LogP contribution is 2.14. The normalized spacial score (nSPS) is 20.4. The van der Waals surface area contributed by atoms with Crippen molar-refractivity contribution in [1.82, 2.24) is 20.1 Å². The van der Waals surface area contributed by atoms with Gasteiger partial charge < -0.3 is 10.1 Å². The molecule has 1 aliphatic rings. The Labute approximate surface area is 102 Å². The lowest BCUT2D eigenvalue weighted by Crippen LogP contribution is -2.40.